The monoisotopic (exact) mass is 233 g/mol. The molecule has 0 aliphatic heterocycles. The molecule has 2 N–H and O–H groups in total. The molecule has 0 aromatic heterocycles. The number of benzene rings is 1. The summed E-state index contributed by atoms with van der Waals surface area (Å²) >= 11 is 0. The van der Waals surface area contributed by atoms with Gasteiger partial charge in [0.25, 0.3) is 0 Å². The van der Waals surface area contributed by atoms with Crippen molar-refractivity contribution in [2.75, 3.05) is 7.11 Å². The predicted octanol–water partition coefficient (Wildman–Crippen LogP) is 3.31. The average molecular weight is 233 g/mol. The Bertz CT molecular complexity index is 390. The Labute approximate surface area is 104 Å². The summed E-state index contributed by atoms with van der Waals surface area (Å²) in [5.74, 6) is 2.23. The van der Waals surface area contributed by atoms with Crippen LogP contribution in [0.25, 0.3) is 0 Å². The van der Waals surface area contributed by atoms with Gasteiger partial charge in [-0.05, 0) is 48.8 Å². The average Bonchev–Trinajstić information content (AvgIpc) is 2.34. The van der Waals surface area contributed by atoms with E-state index >= 15 is 0 Å². The molecular formula is C15H23NO. The van der Waals surface area contributed by atoms with Crippen LogP contribution >= 0.6 is 0 Å². The van der Waals surface area contributed by atoms with E-state index in [9.17, 15) is 0 Å². The van der Waals surface area contributed by atoms with Crippen molar-refractivity contribution in [3.63, 3.8) is 0 Å². The second-order valence-corrected chi connectivity index (χ2v) is 5.55. The van der Waals surface area contributed by atoms with E-state index in [2.05, 4.69) is 26.0 Å². The molecule has 1 saturated carbocycles. The summed E-state index contributed by atoms with van der Waals surface area (Å²) in [6, 6.07) is 8.23. The largest absolute Gasteiger partial charge is 0.497 e. The fourth-order valence-corrected chi connectivity index (χ4v) is 3.00. The zero-order chi connectivity index (χ0) is 12.5. The summed E-state index contributed by atoms with van der Waals surface area (Å²) in [7, 11) is 1.70. The molecule has 2 heteroatoms. The first-order valence-corrected chi connectivity index (χ1v) is 6.49. The number of methoxy groups -OCH3 is 1. The van der Waals surface area contributed by atoms with Crippen LogP contribution in [0.4, 0.5) is 0 Å². The lowest BCUT2D eigenvalue weighted by Gasteiger charge is -2.42. The topological polar surface area (TPSA) is 35.2 Å². The standard InChI is InChI=1S/C15H23NO/c1-11-7-8-15(16,12(2)9-11)13-5-4-6-14(10-13)17-3/h4-6,10-12H,7-9,16H2,1-3H3. The number of rotatable bonds is 2. The maximum Gasteiger partial charge on any atom is 0.119 e. The van der Waals surface area contributed by atoms with Crippen LogP contribution < -0.4 is 10.5 Å². The molecule has 1 aliphatic carbocycles. The molecule has 0 saturated heterocycles. The first-order valence-electron chi connectivity index (χ1n) is 6.49. The molecule has 2 rings (SSSR count). The van der Waals surface area contributed by atoms with E-state index in [4.69, 9.17) is 10.5 Å². The van der Waals surface area contributed by atoms with Crippen LogP contribution in [0.15, 0.2) is 24.3 Å². The summed E-state index contributed by atoms with van der Waals surface area (Å²) in [6.07, 6.45) is 3.51. The Hall–Kier alpha value is -1.02. The second-order valence-electron chi connectivity index (χ2n) is 5.55. The highest BCUT2D eigenvalue weighted by atomic mass is 16.5. The lowest BCUT2D eigenvalue weighted by atomic mass is 9.67. The van der Waals surface area contributed by atoms with Crippen molar-refractivity contribution in [2.24, 2.45) is 17.6 Å². The molecule has 0 bridgehead atoms. The number of ether oxygens (including phenoxy) is 1. The van der Waals surface area contributed by atoms with E-state index in [-0.39, 0.29) is 5.54 Å². The van der Waals surface area contributed by atoms with E-state index in [1.807, 2.05) is 12.1 Å². The Kier molecular flexibility index (Phi) is 3.43. The molecule has 0 spiro atoms. The van der Waals surface area contributed by atoms with Crippen molar-refractivity contribution in [3.8, 4) is 5.75 Å². The van der Waals surface area contributed by atoms with Crippen LogP contribution in [0.1, 0.15) is 38.7 Å². The Morgan fingerprint density at radius 3 is 2.76 bits per heavy atom. The van der Waals surface area contributed by atoms with Crippen LogP contribution in [0.2, 0.25) is 0 Å². The van der Waals surface area contributed by atoms with Crippen molar-refractivity contribution in [3.05, 3.63) is 29.8 Å². The molecule has 3 unspecified atom stereocenters. The number of hydrogen-bond acceptors (Lipinski definition) is 2. The molecular weight excluding hydrogens is 210 g/mol. The second kappa shape index (κ2) is 4.69. The van der Waals surface area contributed by atoms with E-state index in [0.29, 0.717) is 5.92 Å². The van der Waals surface area contributed by atoms with E-state index in [1.54, 1.807) is 7.11 Å². The van der Waals surface area contributed by atoms with Crippen molar-refractivity contribution in [2.45, 2.75) is 38.6 Å². The smallest absolute Gasteiger partial charge is 0.119 e. The van der Waals surface area contributed by atoms with Gasteiger partial charge in [0.1, 0.15) is 5.75 Å². The maximum absolute atomic E-state index is 6.65. The molecule has 1 aromatic carbocycles. The van der Waals surface area contributed by atoms with Crippen molar-refractivity contribution in [1.82, 2.24) is 0 Å². The summed E-state index contributed by atoms with van der Waals surface area (Å²) in [5, 5.41) is 0. The first kappa shape index (κ1) is 12.4. The van der Waals surface area contributed by atoms with Gasteiger partial charge in [-0.1, -0.05) is 26.0 Å². The van der Waals surface area contributed by atoms with Gasteiger partial charge >= 0.3 is 0 Å². The van der Waals surface area contributed by atoms with Gasteiger partial charge in [-0.3, -0.25) is 0 Å². The number of nitrogens with two attached hydrogens (primary N) is 1. The van der Waals surface area contributed by atoms with Crippen LogP contribution in [-0.4, -0.2) is 7.11 Å². The minimum Gasteiger partial charge on any atom is -0.497 e. The first-order chi connectivity index (χ1) is 8.06. The van der Waals surface area contributed by atoms with Crippen molar-refractivity contribution >= 4 is 0 Å². The van der Waals surface area contributed by atoms with E-state index < -0.39 is 0 Å². The van der Waals surface area contributed by atoms with Crippen LogP contribution in [0.5, 0.6) is 5.75 Å². The Morgan fingerprint density at radius 1 is 1.35 bits per heavy atom. The highest BCUT2D eigenvalue weighted by molar-refractivity contribution is 5.34. The van der Waals surface area contributed by atoms with Gasteiger partial charge in [-0.2, -0.15) is 0 Å². The van der Waals surface area contributed by atoms with Crippen LogP contribution in [0, 0.1) is 11.8 Å². The maximum atomic E-state index is 6.65. The SMILES string of the molecule is COc1cccc(C2(N)CCC(C)CC2C)c1. The number of hydrogen-bond donors (Lipinski definition) is 1. The van der Waals surface area contributed by atoms with Crippen molar-refractivity contribution < 1.29 is 4.74 Å². The minimum atomic E-state index is -0.180. The highest BCUT2D eigenvalue weighted by Crippen LogP contribution is 2.42. The molecule has 0 heterocycles. The van der Waals surface area contributed by atoms with Crippen molar-refractivity contribution in [1.29, 1.82) is 0 Å². The molecule has 17 heavy (non-hydrogen) atoms. The predicted molar refractivity (Wildman–Crippen MR) is 71.0 cm³/mol. The molecule has 2 nitrogen and oxygen atoms in total. The zero-order valence-electron chi connectivity index (χ0n) is 11.1. The molecule has 1 aliphatic rings. The molecule has 94 valence electrons. The van der Waals surface area contributed by atoms with Gasteiger partial charge in [-0.25, -0.2) is 0 Å². The highest BCUT2D eigenvalue weighted by Gasteiger charge is 2.38. The third-order valence-corrected chi connectivity index (χ3v) is 4.29. The van der Waals surface area contributed by atoms with Gasteiger partial charge in [0.2, 0.25) is 0 Å². The molecule has 3 atom stereocenters. The minimum absolute atomic E-state index is 0.180. The van der Waals surface area contributed by atoms with Gasteiger partial charge in [0.15, 0.2) is 0 Å². The summed E-state index contributed by atoms with van der Waals surface area (Å²) in [6.45, 7) is 4.59. The summed E-state index contributed by atoms with van der Waals surface area (Å²) in [5.41, 5.74) is 7.69. The quantitative estimate of drug-likeness (QED) is 0.850. The molecule has 1 aromatic rings. The van der Waals surface area contributed by atoms with E-state index in [1.165, 1.54) is 18.4 Å². The summed E-state index contributed by atoms with van der Waals surface area (Å²) in [4.78, 5) is 0. The molecule has 0 amide bonds. The molecule has 1 fully saturated rings. The van der Waals surface area contributed by atoms with Crippen LogP contribution in [-0.2, 0) is 5.54 Å². The molecule has 0 radical (unpaired) electrons. The van der Waals surface area contributed by atoms with Gasteiger partial charge < -0.3 is 10.5 Å². The van der Waals surface area contributed by atoms with Gasteiger partial charge in [0, 0.05) is 5.54 Å². The lowest BCUT2D eigenvalue weighted by Crippen LogP contribution is -2.46. The lowest BCUT2D eigenvalue weighted by molar-refractivity contribution is 0.164. The third kappa shape index (κ3) is 2.32. The Morgan fingerprint density at radius 2 is 2.12 bits per heavy atom. The Balaban J connectivity index is 2.30. The van der Waals surface area contributed by atoms with Gasteiger partial charge in [0.05, 0.1) is 7.11 Å². The van der Waals surface area contributed by atoms with Crippen LogP contribution in [0.3, 0.4) is 0 Å². The fraction of sp³-hybridized carbons (Fsp3) is 0.600. The van der Waals surface area contributed by atoms with Gasteiger partial charge in [-0.15, -0.1) is 0 Å². The fourth-order valence-electron chi connectivity index (χ4n) is 3.00. The third-order valence-electron chi connectivity index (χ3n) is 4.29. The normalized spacial score (nSPS) is 33.4. The van der Waals surface area contributed by atoms with E-state index in [0.717, 1.165) is 18.1 Å². The zero-order valence-corrected chi connectivity index (χ0v) is 11.1. The summed E-state index contributed by atoms with van der Waals surface area (Å²) < 4.78 is 5.29.